The summed E-state index contributed by atoms with van der Waals surface area (Å²) >= 11 is 13.2. The molecule has 2 heterocycles. The number of nitrogen functional groups attached to an aromatic ring is 1. The van der Waals surface area contributed by atoms with Gasteiger partial charge in [0.05, 0.1) is 22.0 Å². The van der Waals surface area contributed by atoms with Gasteiger partial charge >= 0.3 is 5.97 Å². The predicted octanol–water partition coefficient (Wildman–Crippen LogP) is 4.90. The minimum absolute atomic E-state index is 0.197. The van der Waals surface area contributed by atoms with Crippen LogP contribution >= 0.6 is 23.2 Å². The van der Waals surface area contributed by atoms with Gasteiger partial charge in [0.15, 0.2) is 0 Å². The van der Waals surface area contributed by atoms with Crippen LogP contribution in [0.15, 0.2) is 30.3 Å². The van der Waals surface area contributed by atoms with Crippen molar-refractivity contribution in [2.24, 2.45) is 13.0 Å². The van der Waals surface area contributed by atoms with Gasteiger partial charge in [-0.3, -0.25) is 9.59 Å². The number of nitrogens with zero attached hydrogens (tertiary/aromatic N) is 2. The average molecular weight is 474 g/mol. The maximum Gasteiger partial charge on any atom is 0.306 e. The number of hydrogen-bond donors (Lipinski definition) is 2. The van der Waals surface area contributed by atoms with Crippen molar-refractivity contribution in [1.82, 2.24) is 9.47 Å². The van der Waals surface area contributed by atoms with Gasteiger partial charge in [-0.25, -0.2) is 0 Å². The van der Waals surface area contributed by atoms with Crippen molar-refractivity contribution >= 4 is 51.7 Å². The van der Waals surface area contributed by atoms with Gasteiger partial charge in [0.2, 0.25) is 0 Å². The molecular weight excluding hydrogens is 449 g/mol. The Hall–Kier alpha value is -2.70. The molecule has 0 bridgehead atoms. The van der Waals surface area contributed by atoms with Crippen molar-refractivity contribution < 1.29 is 14.7 Å². The number of anilines is 1. The lowest BCUT2D eigenvalue weighted by molar-refractivity contribution is -0.143. The Balaban J connectivity index is 1.64. The zero-order chi connectivity index (χ0) is 23.2. The second-order valence-corrected chi connectivity index (χ2v) is 9.22. The van der Waals surface area contributed by atoms with Crippen LogP contribution in [0.3, 0.4) is 0 Å². The highest BCUT2D eigenvalue weighted by molar-refractivity contribution is 6.38. The van der Waals surface area contributed by atoms with Crippen LogP contribution in [0, 0.1) is 12.8 Å². The normalized spacial score (nSPS) is 14.8. The number of carbonyl (C=O) groups is 2. The molecule has 1 amide bonds. The number of piperidine rings is 1. The molecule has 6 nitrogen and oxygen atoms in total. The van der Waals surface area contributed by atoms with E-state index in [1.54, 1.807) is 17.0 Å². The highest BCUT2D eigenvalue weighted by Gasteiger charge is 2.29. The van der Waals surface area contributed by atoms with Gasteiger partial charge < -0.3 is 20.3 Å². The number of halogens is 2. The fourth-order valence-electron chi connectivity index (χ4n) is 4.47. The second-order valence-electron chi connectivity index (χ2n) is 8.43. The molecule has 0 atom stereocenters. The van der Waals surface area contributed by atoms with E-state index in [2.05, 4.69) is 10.6 Å². The minimum Gasteiger partial charge on any atom is -0.481 e. The van der Waals surface area contributed by atoms with Crippen molar-refractivity contribution in [2.45, 2.75) is 26.2 Å². The van der Waals surface area contributed by atoms with Crippen LogP contribution < -0.4 is 5.73 Å². The Morgan fingerprint density at radius 3 is 2.50 bits per heavy atom. The number of aliphatic carboxylic acids is 1. The number of hydrogen-bond acceptors (Lipinski definition) is 3. The Morgan fingerprint density at radius 2 is 1.84 bits per heavy atom. The molecule has 1 fully saturated rings. The van der Waals surface area contributed by atoms with Gasteiger partial charge in [0.1, 0.15) is 0 Å². The number of carboxylic acids is 1. The van der Waals surface area contributed by atoms with E-state index in [1.165, 1.54) is 0 Å². The van der Waals surface area contributed by atoms with Gasteiger partial charge in [-0.2, -0.15) is 0 Å². The fourth-order valence-corrected chi connectivity index (χ4v) is 5.05. The first-order valence-corrected chi connectivity index (χ1v) is 11.3. The van der Waals surface area contributed by atoms with E-state index in [4.69, 9.17) is 28.9 Å². The molecule has 32 heavy (non-hydrogen) atoms. The first-order valence-electron chi connectivity index (χ1n) is 10.5. The molecule has 3 N–H and O–H groups in total. The molecule has 1 aliphatic rings. The molecule has 1 saturated heterocycles. The van der Waals surface area contributed by atoms with Crippen molar-refractivity contribution in [3.8, 4) is 0 Å². The highest BCUT2D eigenvalue weighted by atomic mass is 35.5. The lowest BCUT2D eigenvalue weighted by atomic mass is 9.96. The van der Waals surface area contributed by atoms with Gasteiger partial charge in [0.25, 0.3) is 5.91 Å². The van der Waals surface area contributed by atoms with Gasteiger partial charge in [-0.15, -0.1) is 0 Å². The number of carbonyl (C=O) groups excluding carboxylic acids is 1. The van der Waals surface area contributed by atoms with E-state index in [-0.39, 0.29) is 5.91 Å². The Bertz CT molecular complexity index is 1230. The van der Waals surface area contributed by atoms with Crippen LogP contribution in [-0.2, 0) is 18.3 Å². The smallest absolute Gasteiger partial charge is 0.306 e. The second kappa shape index (κ2) is 8.68. The summed E-state index contributed by atoms with van der Waals surface area (Å²) in [6, 6.07) is 9.33. The molecule has 3 aromatic rings. The zero-order valence-electron chi connectivity index (χ0n) is 18.0. The van der Waals surface area contributed by atoms with Gasteiger partial charge in [-0.1, -0.05) is 23.2 Å². The van der Waals surface area contributed by atoms with Crippen LogP contribution in [-0.4, -0.2) is 39.5 Å². The standard InChI is InChI=1S/C24H25Cl2N3O3/c1-13-9-15(27)10-21-18(13)11-16(28(21)2)12-19-20(25)4-3-17(22(19)26)23(30)29-7-5-14(6-8-29)24(31)32/h3-4,9-11,14H,5-8,12,27H2,1-2H3,(H,31,32). The molecule has 2 aromatic carbocycles. The van der Waals surface area contributed by atoms with Crippen molar-refractivity contribution in [1.29, 1.82) is 0 Å². The third kappa shape index (κ3) is 4.05. The summed E-state index contributed by atoms with van der Waals surface area (Å²) in [5.41, 5.74) is 10.9. The summed E-state index contributed by atoms with van der Waals surface area (Å²) in [5.74, 6) is -1.41. The van der Waals surface area contributed by atoms with E-state index < -0.39 is 11.9 Å². The molecular formula is C24H25Cl2N3O3. The van der Waals surface area contributed by atoms with E-state index in [0.717, 1.165) is 22.2 Å². The molecule has 0 saturated carbocycles. The van der Waals surface area contributed by atoms with Crippen LogP contribution in [0.1, 0.15) is 40.0 Å². The van der Waals surface area contributed by atoms with E-state index in [1.807, 2.05) is 26.1 Å². The SMILES string of the molecule is Cc1cc(N)cc2c1cc(Cc1c(Cl)ccc(C(=O)N3CCC(C(=O)O)CC3)c1Cl)n2C. The third-order valence-corrected chi connectivity index (χ3v) is 7.18. The number of aromatic nitrogens is 1. The molecule has 1 aromatic heterocycles. The van der Waals surface area contributed by atoms with Crippen LogP contribution in [0.2, 0.25) is 10.0 Å². The summed E-state index contributed by atoms with van der Waals surface area (Å²) in [4.78, 5) is 26.0. The molecule has 4 rings (SSSR count). The molecule has 0 radical (unpaired) electrons. The number of rotatable bonds is 4. The number of amides is 1. The number of carboxylic acid groups (broad SMARTS) is 1. The van der Waals surface area contributed by atoms with Crippen molar-refractivity contribution in [2.75, 3.05) is 18.8 Å². The first kappa shape index (κ1) is 22.5. The molecule has 8 heteroatoms. The number of aryl methyl sites for hydroxylation is 2. The fraction of sp³-hybridized carbons (Fsp3) is 0.333. The molecule has 0 spiro atoms. The average Bonchev–Trinajstić information content (AvgIpc) is 3.06. The summed E-state index contributed by atoms with van der Waals surface area (Å²) in [7, 11) is 1.97. The predicted molar refractivity (Wildman–Crippen MR) is 128 cm³/mol. The monoisotopic (exact) mass is 473 g/mol. The lowest BCUT2D eigenvalue weighted by Gasteiger charge is -2.30. The van der Waals surface area contributed by atoms with Gasteiger partial charge in [-0.05, 0) is 61.2 Å². The van der Waals surface area contributed by atoms with E-state index in [0.29, 0.717) is 59.2 Å². The number of likely N-dealkylation sites (tertiary alicyclic amines) is 1. The van der Waals surface area contributed by atoms with E-state index in [9.17, 15) is 14.7 Å². The van der Waals surface area contributed by atoms with Crippen LogP contribution in [0.5, 0.6) is 0 Å². The minimum atomic E-state index is -0.809. The molecule has 1 aliphatic heterocycles. The van der Waals surface area contributed by atoms with E-state index >= 15 is 0 Å². The summed E-state index contributed by atoms with van der Waals surface area (Å²) in [6.07, 6.45) is 1.35. The van der Waals surface area contributed by atoms with Gasteiger partial charge in [0, 0.05) is 48.3 Å². The summed E-state index contributed by atoms with van der Waals surface area (Å²) < 4.78 is 2.07. The number of benzene rings is 2. The largest absolute Gasteiger partial charge is 0.481 e. The quantitative estimate of drug-likeness (QED) is 0.527. The Morgan fingerprint density at radius 1 is 1.16 bits per heavy atom. The van der Waals surface area contributed by atoms with Crippen LogP contribution in [0.4, 0.5) is 5.69 Å². The molecule has 0 aliphatic carbocycles. The zero-order valence-corrected chi connectivity index (χ0v) is 19.5. The third-order valence-electron chi connectivity index (χ3n) is 6.40. The Kier molecular flexibility index (Phi) is 6.10. The van der Waals surface area contributed by atoms with Crippen molar-refractivity contribution in [3.63, 3.8) is 0 Å². The highest BCUT2D eigenvalue weighted by Crippen LogP contribution is 2.34. The summed E-state index contributed by atoms with van der Waals surface area (Å²) in [5, 5.41) is 11.1. The number of nitrogens with two attached hydrogens (primary N) is 1. The summed E-state index contributed by atoms with van der Waals surface area (Å²) in [6.45, 7) is 2.82. The maximum absolute atomic E-state index is 13.1. The molecule has 0 unspecified atom stereocenters. The Labute approximate surface area is 196 Å². The lowest BCUT2D eigenvalue weighted by Crippen LogP contribution is -2.40. The topological polar surface area (TPSA) is 88.6 Å². The first-order chi connectivity index (χ1) is 15.2. The van der Waals surface area contributed by atoms with Crippen molar-refractivity contribution in [3.05, 3.63) is 62.8 Å². The maximum atomic E-state index is 13.1. The number of fused-ring (bicyclic) bond motifs is 1. The van der Waals surface area contributed by atoms with Crippen LogP contribution in [0.25, 0.3) is 10.9 Å². The molecule has 168 valence electrons.